The number of nitriles is 1. The molecule has 0 aromatic heterocycles. The number of nitrogens with one attached hydrogen (secondary N) is 1. The summed E-state index contributed by atoms with van der Waals surface area (Å²) in [5.74, 6) is -0.455. The minimum atomic E-state index is -4.52. The summed E-state index contributed by atoms with van der Waals surface area (Å²) in [5, 5.41) is 11.7. The third-order valence-electron chi connectivity index (χ3n) is 6.06. The molecule has 1 amide bonds. The Labute approximate surface area is 202 Å². The number of piperazine rings is 1. The highest BCUT2D eigenvalue weighted by molar-refractivity contribution is 5.93. The van der Waals surface area contributed by atoms with Gasteiger partial charge >= 0.3 is 6.18 Å². The van der Waals surface area contributed by atoms with Crippen molar-refractivity contribution in [2.24, 2.45) is 0 Å². The topological polar surface area (TPSA) is 59.4 Å². The third-order valence-corrected chi connectivity index (χ3v) is 6.06. The van der Waals surface area contributed by atoms with Crippen LogP contribution in [0.2, 0.25) is 0 Å². The van der Waals surface area contributed by atoms with Crippen LogP contribution in [-0.2, 0) is 17.5 Å². The molecule has 180 valence electrons. The monoisotopic (exact) mass is 478 g/mol. The van der Waals surface area contributed by atoms with Crippen LogP contribution in [0.25, 0.3) is 11.1 Å². The predicted octanol–water partition coefficient (Wildman–Crippen LogP) is 5.00. The van der Waals surface area contributed by atoms with E-state index in [0.29, 0.717) is 18.7 Å². The van der Waals surface area contributed by atoms with Gasteiger partial charge in [0.25, 0.3) is 0 Å². The number of alkyl halides is 3. The first-order chi connectivity index (χ1) is 16.8. The zero-order chi connectivity index (χ0) is 24.8. The van der Waals surface area contributed by atoms with E-state index in [4.69, 9.17) is 0 Å². The summed E-state index contributed by atoms with van der Waals surface area (Å²) in [6.45, 7) is 3.63. The smallest absolute Gasteiger partial charge is 0.324 e. The van der Waals surface area contributed by atoms with Crippen molar-refractivity contribution in [2.45, 2.75) is 12.7 Å². The van der Waals surface area contributed by atoms with Crippen LogP contribution in [0.5, 0.6) is 0 Å². The molecule has 1 aliphatic heterocycles. The number of anilines is 1. The Morgan fingerprint density at radius 1 is 0.886 bits per heavy atom. The summed E-state index contributed by atoms with van der Waals surface area (Å²) in [4.78, 5) is 16.6. The van der Waals surface area contributed by atoms with Gasteiger partial charge in [-0.3, -0.25) is 14.6 Å². The van der Waals surface area contributed by atoms with Crippen LogP contribution < -0.4 is 5.32 Å². The highest BCUT2D eigenvalue weighted by atomic mass is 19.4. The number of amides is 1. The summed E-state index contributed by atoms with van der Waals surface area (Å²) in [5.41, 5.74) is 2.63. The van der Waals surface area contributed by atoms with Crippen LogP contribution in [0.15, 0.2) is 72.8 Å². The minimum absolute atomic E-state index is 0.0486. The molecule has 5 nitrogen and oxygen atoms in total. The van der Waals surface area contributed by atoms with E-state index in [-0.39, 0.29) is 12.2 Å². The van der Waals surface area contributed by atoms with E-state index >= 15 is 0 Å². The Hall–Kier alpha value is -3.67. The molecule has 0 spiro atoms. The Morgan fingerprint density at radius 2 is 1.51 bits per heavy atom. The zero-order valence-electron chi connectivity index (χ0n) is 19.1. The lowest BCUT2D eigenvalue weighted by Gasteiger charge is -2.34. The molecule has 3 aromatic carbocycles. The molecule has 0 atom stereocenters. The maximum Gasteiger partial charge on any atom is 0.418 e. The average molecular weight is 479 g/mol. The normalized spacial score (nSPS) is 14.9. The molecule has 0 unspecified atom stereocenters. The van der Waals surface area contributed by atoms with Gasteiger partial charge in [-0.25, -0.2) is 0 Å². The van der Waals surface area contributed by atoms with Crippen LogP contribution in [0.1, 0.15) is 16.7 Å². The first kappa shape index (κ1) is 24.5. The van der Waals surface area contributed by atoms with Crippen LogP contribution in [0.4, 0.5) is 18.9 Å². The molecule has 1 saturated heterocycles. The maximum atomic E-state index is 13.1. The number of benzene rings is 3. The van der Waals surface area contributed by atoms with Gasteiger partial charge in [0.05, 0.1) is 29.4 Å². The van der Waals surface area contributed by atoms with Crippen molar-refractivity contribution in [2.75, 3.05) is 38.0 Å². The van der Waals surface area contributed by atoms with E-state index in [9.17, 15) is 23.2 Å². The van der Waals surface area contributed by atoms with Gasteiger partial charge in [-0.2, -0.15) is 18.4 Å². The van der Waals surface area contributed by atoms with Crippen LogP contribution in [-0.4, -0.2) is 48.4 Å². The van der Waals surface area contributed by atoms with E-state index in [0.717, 1.165) is 42.4 Å². The fourth-order valence-electron chi connectivity index (χ4n) is 4.22. The second kappa shape index (κ2) is 10.7. The van der Waals surface area contributed by atoms with Gasteiger partial charge in [-0.15, -0.1) is 0 Å². The average Bonchev–Trinajstić information content (AvgIpc) is 2.85. The van der Waals surface area contributed by atoms with E-state index in [1.54, 1.807) is 6.07 Å². The lowest BCUT2D eigenvalue weighted by Crippen LogP contribution is -2.48. The number of carbonyl (C=O) groups excluding carboxylic acids is 1. The first-order valence-electron chi connectivity index (χ1n) is 11.3. The number of para-hydroxylation sites is 1. The Morgan fingerprint density at radius 3 is 2.20 bits per heavy atom. The molecular formula is C27H25F3N4O. The fraction of sp³-hybridized carbons (Fsp3) is 0.259. The number of hydrogen-bond donors (Lipinski definition) is 1. The molecule has 1 heterocycles. The van der Waals surface area contributed by atoms with Crippen molar-refractivity contribution in [3.63, 3.8) is 0 Å². The van der Waals surface area contributed by atoms with Gasteiger partial charge in [0.1, 0.15) is 0 Å². The SMILES string of the molecule is N#Cc1ccccc1-c1ccc(CN2CCN(CC(=O)Nc3ccccc3C(F)(F)F)CC2)cc1. The first-order valence-corrected chi connectivity index (χ1v) is 11.3. The van der Waals surface area contributed by atoms with Gasteiger partial charge in [0.2, 0.25) is 5.91 Å². The lowest BCUT2D eigenvalue weighted by atomic mass is 9.99. The van der Waals surface area contributed by atoms with Gasteiger partial charge in [0.15, 0.2) is 0 Å². The molecule has 0 aliphatic carbocycles. The summed E-state index contributed by atoms with van der Waals surface area (Å²) < 4.78 is 39.4. The number of hydrogen-bond acceptors (Lipinski definition) is 4. The van der Waals surface area contributed by atoms with E-state index in [2.05, 4.69) is 28.4 Å². The Bertz CT molecular complexity index is 1210. The van der Waals surface area contributed by atoms with Crippen molar-refractivity contribution in [1.29, 1.82) is 5.26 Å². The van der Waals surface area contributed by atoms with Gasteiger partial charge in [0, 0.05) is 32.7 Å². The summed E-state index contributed by atoms with van der Waals surface area (Å²) in [6, 6.07) is 22.9. The second-order valence-corrected chi connectivity index (χ2v) is 8.50. The molecule has 3 aromatic rings. The molecule has 8 heteroatoms. The summed E-state index contributed by atoms with van der Waals surface area (Å²) in [6.07, 6.45) is -4.52. The van der Waals surface area contributed by atoms with E-state index in [1.807, 2.05) is 35.2 Å². The zero-order valence-corrected chi connectivity index (χ0v) is 19.1. The number of halogens is 3. The fourth-order valence-corrected chi connectivity index (χ4v) is 4.22. The van der Waals surface area contributed by atoms with Gasteiger partial charge < -0.3 is 5.32 Å². The molecule has 0 saturated carbocycles. The Balaban J connectivity index is 1.27. The quantitative estimate of drug-likeness (QED) is 0.542. The third kappa shape index (κ3) is 6.27. The van der Waals surface area contributed by atoms with Crippen LogP contribution >= 0.6 is 0 Å². The second-order valence-electron chi connectivity index (χ2n) is 8.50. The molecular weight excluding hydrogens is 453 g/mol. The van der Waals surface area contributed by atoms with E-state index in [1.165, 1.54) is 18.2 Å². The number of nitrogens with zero attached hydrogens (tertiary/aromatic N) is 3. The molecule has 0 bridgehead atoms. The van der Waals surface area contributed by atoms with Crippen LogP contribution in [0, 0.1) is 11.3 Å². The molecule has 1 N–H and O–H groups in total. The predicted molar refractivity (Wildman–Crippen MR) is 128 cm³/mol. The van der Waals surface area contributed by atoms with Gasteiger partial charge in [-0.05, 0) is 34.9 Å². The van der Waals surface area contributed by atoms with E-state index < -0.39 is 17.6 Å². The van der Waals surface area contributed by atoms with Gasteiger partial charge in [-0.1, -0.05) is 54.6 Å². The van der Waals surface area contributed by atoms with Crippen molar-refractivity contribution < 1.29 is 18.0 Å². The van der Waals surface area contributed by atoms with Crippen molar-refractivity contribution in [1.82, 2.24) is 9.80 Å². The lowest BCUT2D eigenvalue weighted by molar-refractivity contribution is -0.137. The Kier molecular flexibility index (Phi) is 7.49. The molecule has 35 heavy (non-hydrogen) atoms. The minimum Gasteiger partial charge on any atom is -0.324 e. The standard InChI is InChI=1S/C27H25F3N4O/c28-27(29,30)24-7-3-4-8-25(24)32-26(35)19-34-15-13-33(14-16-34)18-20-9-11-21(12-10-20)23-6-2-1-5-22(23)17-31/h1-12H,13-16,18-19H2,(H,32,35). The van der Waals surface area contributed by atoms with Crippen LogP contribution in [0.3, 0.4) is 0 Å². The largest absolute Gasteiger partial charge is 0.418 e. The summed E-state index contributed by atoms with van der Waals surface area (Å²) in [7, 11) is 0. The van der Waals surface area contributed by atoms with Crippen molar-refractivity contribution >= 4 is 11.6 Å². The molecule has 1 aliphatic rings. The molecule has 0 radical (unpaired) electrons. The number of carbonyl (C=O) groups is 1. The summed E-state index contributed by atoms with van der Waals surface area (Å²) >= 11 is 0. The maximum absolute atomic E-state index is 13.1. The van der Waals surface area contributed by atoms with Crippen molar-refractivity contribution in [3.05, 3.63) is 89.5 Å². The molecule has 4 rings (SSSR count). The molecule has 1 fully saturated rings. The highest BCUT2D eigenvalue weighted by Crippen LogP contribution is 2.34. The highest BCUT2D eigenvalue weighted by Gasteiger charge is 2.33. The van der Waals surface area contributed by atoms with Crippen molar-refractivity contribution in [3.8, 4) is 17.2 Å². The number of rotatable bonds is 6.